The van der Waals surface area contributed by atoms with E-state index >= 15 is 0 Å². The Balaban J connectivity index is 2.19. The SMILES string of the molecule is Cc1cn(C2CCC[C@H]2O)nn1. The Morgan fingerprint density at radius 3 is 2.92 bits per heavy atom. The van der Waals surface area contributed by atoms with Crippen LogP contribution >= 0.6 is 0 Å². The third-order valence-electron chi connectivity index (χ3n) is 2.41. The van der Waals surface area contributed by atoms with Crippen LogP contribution < -0.4 is 0 Å². The lowest BCUT2D eigenvalue weighted by Gasteiger charge is -2.13. The van der Waals surface area contributed by atoms with Crippen molar-refractivity contribution >= 4 is 0 Å². The maximum atomic E-state index is 9.56. The predicted molar refractivity (Wildman–Crippen MR) is 43.7 cm³/mol. The molecule has 1 aliphatic carbocycles. The van der Waals surface area contributed by atoms with Gasteiger partial charge in [-0.2, -0.15) is 0 Å². The molecule has 0 amide bonds. The lowest BCUT2D eigenvalue weighted by Crippen LogP contribution is -2.18. The average Bonchev–Trinajstić information content (AvgIpc) is 2.58. The van der Waals surface area contributed by atoms with Crippen LogP contribution in [0.2, 0.25) is 0 Å². The zero-order valence-electron chi connectivity index (χ0n) is 7.14. The Morgan fingerprint density at radius 1 is 1.58 bits per heavy atom. The van der Waals surface area contributed by atoms with E-state index in [0.29, 0.717) is 0 Å². The van der Waals surface area contributed by atoms with Gasteiger partial charge < -0.3 is 5.11 Å². The molecule has 1 aromatic rings. The van der Waals surface area contributed by atoms with Gasteiger partial charge >= 0.3 is 0 Å². The summed E-state index contributed by atoms with van der Waals surface area (Å²) in [6.07, 6.45) is 4.66. The number of aliphatic hydroxyl groups excluding tert-OH is 1. The number of rotatable bonds is 1. The predicted octanol–water partition coefficient (Wildman–Crippen LogP) is 0.672. The molecule has 12 heavy (non-hydrogen) atoms. The summed E-state index contributed by atoms with van der Waals surface area (Å²) in [5, 5.41) is 17.4. The number of aromatic nitrogens is 3. The van der Waals surface area contributed by atoms with E-state index in [1.807, 2.05) is 13.1 Å². The summed E-state index contributed by atoms with van der Waals surface area (Å²) in [6, 6.07) is 0.159. The number of hydrogen-bond acceptors (Lipinski definition) is 3. The van der Waals surface area contributed by atoms with Crippen molar-refractivity contribution in [3.63, 3.8) is 0 Å². The number of nitrogens with zero attached hydrogens (tertiary/aromatic N) is 3. The molecule has 0 saturated heterocycles. The van der Waals surface area contributed by atoms with Gasteiger partial charge in [-0.1, -0.05) is 5.21 Å². The van der Waals surface area contributed by atoms with Crippen molar-refractivity contribution in [2.45, 2.75) is 38.3 Å². The molecule has 2 rings (SSSR count). The Kier molecular flexibility index (Phi) is 1.84. The Bertz CT molecular complexity index is 271. The van der Waals surface area contributed by atoms with Crippen LogP contribution in [0.25, 0.3) is 0 Å². The van der Waals surface area contributed by atoms with Crippen molar-refractivity contribution in [1.29, 1.82) is 0 Å². The van der Waals surface area contributed by atoms with Gasteiger partial charge in [0, 0.05) is 6.20 Å². The molecule has 1 heterocycles. The van der Waals surface area contributed by atoms with Crippen molar-refractivity contribution in [2.75, 3.05) is 0 Å². The van der Waals surface area contributed by atoms with Crippen LogP contribution in [-0.2, 0) is 0 Å². The molecule has 1 N–H and O–H groups in total. The van der Waals surface area contributed by atoms with Crippen molar-refractivity contribution < 1.29 is 5.11 Å². The molecule has 1 aromatic heterocycles. The molecule has 0 aromatic carbocycles. The minimum absolute atomic E-state index is 0.159. The van der Waals surface area contributed by atoms with E-state index in [9.17, 15) is 5.11 Å². The number of hydrogen-bond donors (Lipinski definition) is 1. The van der Waals surface area contributed by atoms with E-state index in [1.54, 1.807) is 4.68 Å². The lowest BCUT2D eigenvalue weighted by molar-refractivity contribution is 0.129. The van der Waals surface area contributed by atoms with Crippen molar-refractivity contribution in [1.82, 2.24) is 15.0 Å². The van der Waals surface area contributed by atoms with E-state index in [-0.39, 0.29) is 12.1 Å². The molecule has 0 aliphatic heterocycles. The summed E-state index contributed by atoms with van der Waals surface area (Å²) in [5.41, 5.74) is 0.911. The molecule has 1 fully saturated rings. The summed E-state index contributed by atoms with van der Waals surface area (Å²) in [7, 11) is 0. The van der Waals surface area contributed by atoms with Gasteiger partial charge in [-0.05, 0) is 26.2 Å². The minimum Gasteiger partial charge on any atom is -0.391 e. The number of aliphatic hydroxyl groups is 1. The highest BCUT2D eigenvalue weighted by Crippen LogP contribution is 2.28. The summed E-state index contributed by atoms with van der Waals surface area (Å²) in [6.45, 7) is 1.91. The smallest absolute Gasteiger partial charge is 0.0796 e. The van der Waals surface area contributed by atoms with Crippen LogP contribution in [-0.4, -0.2) is 26.2 Å². The molecule has 0 bridgehead atoms. The van der Waals surface area contributed by atoms with E-state index < -0.39 is 0 Å². The molecule has 1 unspecified atom stereocenters. The Morgan fingerprint density at radius 2 is 2.42 bits per heavy atom. The van der Waals surface area contributed by atoms with Crippen LogP contribution in [0, 0.1) is 6.92 Å². The fourth-order valence-electron chi connectivity index (χ4n) is 1.76. The summed E-state index contributed by atoms with van der Waals surface area (Å²) in [5.74, 6) is 0. The van der Waals surface area contributed by atoms with Gasteiger partial charge in [-0.25, -0.2) is 4.68 Å². The second kappa shape index (κ2) is 2.86. The maximum Gasteiger partial charge on any atom is 0.0796 e. The van der Waals surface area contributed by atoms with Gasteiger partial charge in [0.05, 0.1) is 17.8 Å². The van der Waals surface area contributed by atoms with Crippen LogP contribution in [0.15, 0.2) is 6.20 Å². The molecule has 0 spiro atoms. The molecular formula is C8H13N3O. The van der Waals surface area contributed by atoms with Crippen molar-refractivity contribution in [3.05, 3.63) is 11.9 Å². The summed E-state index contributed by atoms with van der Waals surface area (Å²) in [4.78, 5) is 0. The highest BCUT2D eigenvalue weighted by molar-refractivity contribution is 4.91. The first-order valence-corrected chi connectivity index (χ1v) is 4.34. The second-order valence-electron chi connectivity index (χ2n) is 3.41. The van der Waals surface area contributed by atoms with Gasteiger partial charge in [-0.3, -0.25) is 0 Å². The molecule has 66 valence electrons. The first kappa shape index (κ1) is 7.73. The van der Waals surface area contributed by atoms with Crippen molar-refractivity contribution in [3.8, 4) is 0 Å². The first-order valence-electron chi connectivity index (χ1n) is 4.34. The zero-order valence-corrected chi connectivity index (χ0v) is 7.14. The minimum atomic E-state index is -0.230. The van der Waals surface area contributed by atoms with Crippen LogP contribution in [0.1, 0.15) is 31.0 Å². The zero-order chi connectivity index (χ0) is 8.55. The summed E-state index contributed by atoms with van der Waals surface area (Å²) < 4.78 is 1.78. The molecule has 4 heteroatoms. The molecule has 1 aliphatic rings. The lowest BCUT2D eigenvalue weighted by atomic mass is 10.2. The third-order valence-corrected chi connectivity index (χ3v) is 2.41. The van der Waals surface area contributed by atoms with Gasteiger partial charge in [0.2, 0.25) is 0 Å². The molecule has 4 nitrogen and oxygen atoms in total. The number of aryl methyl sites for hydroxylation is 1. The molecular weight excluding hydrogens is 154 g/mol. The fourth-order valence-corrected chi connectivity index (χ4v) is 1.76. The summed E-state index contributed by atoms with van der Waals surface area (Å²) >= 11 is 0. The topological polar surface area (TPSA) is 50.9 Å². The van der Waals surface area contributed by atoms with Crippen LogP contribution in [0.5, 0.6) is 0 Å². The Labute approximate surface area is 71.2 Å². The molecule has 0 radical (unpaired) electrons. The van der Waals surface area contributed by atoms with Gasteiger partial charge in [0.15, 0.2) is 0 Å². The largest absolute Gasteiger partial charge is 0.391 e. The highest BCUT2D eigenvalue weighted by atomic mass is 16.3. The molecule has 1 saturated carbocycles. The standard InChI is InChI=1S/C8H13N3O/c1-6-5-11(10-9-6)7-3-2-4-8(7)12/h5,7-8,12H,2-4H2,1H3/t7?,8-/m1/s1. The monoisotopic (exact) mass is 167 g/mol. The molecule has 2 atom stereocenters. The average molecular weight is 167 g/mol. The van der Waals surface area contributed by atoms with Gasteiger partial charge in [-0.15, -0.1) is 5.10 Å². The van der Waals surface area contributed by atoms with E-state index in [1.165, 1.54) is 0 Å². The van der Waals surface area contributed by atoms with E-state index in [2.05, 4.69) is 10.3 Å². The first-order chi connectivity index (χ1) is 5.77. The van der Waals surface area contributed by atoms with E-state index in [0.717, 1.165) is 25.0 Å². The van der Waals surface area contributed by atoms with Crippen LogP contribution in [0.4, 0.5) is 0 Å². The third kappa shape index (κ3) is 1.22. The quantitative estimate of drug-likeness (QED) is 0.669. The normalized spacial score (nSPS) is 29.5. The maximum absolute atomic E-state index is 9.56. The van der Waals surface area contributed by atoms with Gasteiger partial charge in [0.25, 0.3) is 0 Å². The van der Waals surface area contributed by atoms with Gasteiger partial charge in [0.1, 0.15) is 0 Å². The second-order valence-corrected chi connectivity index (χ2v) is 3.41. The van der Waals surface area contributed by atoms with Crippen molar-refractivity contribution in [2.24, 2.45) is 0 Å². The fraction of sp³-hybridized carbons (Fsp3) is 0.750. The highest BCUT2D eigenvalue weighted by Gasteiger charge is 2.27. The Hall–Kier alpha value is -0.900. The van der Waals surface area contributed by atoms with E-state index in [4.69, 9.17) is 0 Å². The van der Waals surface area contributed by atoms with Crippen LogP contribution in [0.3, 0.4) is 0 Å².